The molecule has 0 aliphatic rings. The summed E-state index contributed by atoms with van der Waals surface area (Å²) in [6, 6.07) is 14.3. The highest BCUT2D eigenvalue weighted by Gasteiger charge is 2.13. The monoisotopic (exact) mass is 246 g/mol. The fourth-order valence-electron chi connectivity index (χ4n) is 1.55. The summed E-state index contributed by atoms with van der Waals surface area (Å²) in [5, 5.41) is 0. The Labute approximate surface area is 104 Å². The van der Waals surface area contributed by atoms with E-state index < -0.39 is 5.82 Å². The smallest absolute Gasteiger partial charge is 0.163 e. The predicted octanol–water partition coefficient (Wildman–Crippen LogP) is 4.18. The van der Waals surface area contributed by atoms with Crippen molar-refractivity contribution < 1.29 is 9.18 Å². The Balaban J connectivity index is 2.40. The Morgan fingerprint density at radius 2 is 1.76 bits per heavy atom. The van der Waals surface area contributed by atoms with E-state index in [1.807, 2.05) is 30.3 Å². The molecule has 0 aliphatic carbocycles. The first-order chi connectivity index (χ1) is 8.18. The van der Waals surface area contributed by atoms with Crippen LogP contribution in [0.25, 0.3) is 0 Å². The molecular weight excluding hydrogens is 235 g/mol. The second kappa shape index (κ2) is 5.15. The third-order valence-corrected chi connectivity index (χ3v) is 3.37. The first kappa shape index (κ1) is 11.9. The van der Waals surface area contributed by atoms with Gasteiger partial charge in [-0.3, -0.25) is 4.79 Å². The quantitative estimate of drug-likeness (QED) is 0.756. The Morgan fingerprint density at radius 1 is 1.06 bits per heavy atom. The molecule has 0 N–H and O–H groups in total. The van der Waals surface area contributed by atoms with Crippen LogP contribution in [-0.2, 0) is 0 Å². The summed E-state index contributed by atoms with van der Waals surface area (Å²) in [4.78, 5) is 13.1. The Kier molecular flexibility index (Phi) is 3.59. The van der Waals surface area contributed by atoms with Gasteiger partial charge in [0, 0.05) is 9.79 Å². The van der Waals surface area contributed by atoms with Crippen LogP contribution < -0.4 is 0 Å². The fraction of sp³-hybridized carbons (Fsp3) is 0.0714. The van der Waals surface area contributed by atoms with Crippen molar-refractivity contribution in [2.75, 3.05) is 0 Å². The number of halogens is 1. The molecule has 0 bridgehead atoms. The summed E-state index contributed by atoms with van der Waals surface area (Å²) in [6.45, 7) is 1.38. The summed E-state index contributed by atoms with van der Waals surface area (Å²) >= 11 is 1.40. The molecule has 3 heteroatoms. The molecule has 0 atom stereocenters. The van der Waals surface area contributed by atoms with Crippen LogP contribution >= 0.6 is 11.8 Å². The maximum atomic E-state index is 13.6. The predicted molar refractivity (Wildman–Crippen MR) is 67.0 cm³/mol. The minimum Gasteiger partial charge on any atom is -0.294 e. The van der Waals surface area contributed by atoms with Gasteiger partial charge in [-0.15, -0.1) is 0 Å². The van der Waals surface area contributed by atoms with Crippen molar-refractivity contribution in [3.8, 4) is 0 Å². The van der Waals surface area contributed by atoms with E-state index in [2.05, 4.69) is 0 Å². The van der Waals surface area contributed by atoms with Crippen LogP contribution in [0.15, 0.2) is 58.3 Å². The first-order valence-corrected chi connectivity index (χ1v) is 6.02. The van der Waals surface area contributed by atoms with Crippen LogP contribution in [0.3, 0.4) is 0 Å². The molecule has 1 nitrogen and oxygen atoms in total. The van der Waals surface area contributed by atoms with Crippen molar-refractivity contribution in [2.24, 2.45) is 0 Å². The maximum Gasteiger partial charge on any atom is 0.163 e. The van der Waals surface area contributed by atoms with Crippen LogP contribution in [0.2, 0.25) is 0 Å². The standard InChI is InChI=1S/C14H11FOS/c1-10(16)14-12(15)8-5-9-13(14)17-11-6-3-2-4-7-11/h2-9H,1H3. The van der Waals surface area contributed by atoms with Crippen LogP contribution in [0.5, 0.6) is 0 Å². The molecule has 0 saturated heterocycles. The molecule has 2 aromatic carbocycles. The lowest BCUT2D eigenvalue weighted by molar-refractivity contribution is 0.101. The van der Waals surface area contributed by atoms with Gasteiger partial charge >= 0.3 is 0 Å². The second-order valence-electron chi connectivity index (χ2n) is 3.58. The summed E-state index contributed by atoms with van der Waals surface area (Å²) in [5.41, 5.74) is 0.168. The molecule has 0 amide bonds. The molecule has 0 aliphatic heterocycles. The number of ketones is 1. The van der Waals surface area contributed by atoms with Crippen molar-refractivity contribution in [2.45, 2.75) is 16.7 Å². The minimum absolute atomic E-state index is 0.168. The highest BCUT2D eigenvalue weighted by Crippen LogP contribution is 2.31. The lowest BCUT2D eigenvalue weighted by Gasteiger charge is -2.07. The molecule has 0 aromatic heterocycles. The molecule has 0 unspecified atom stereocenters. The van der Waals surface area contributed by atoms with Gasteiger partial charge in [0.2, 0.25) is 0 Å². The molecule has 2 aromatic rings. The topological polar surface area (TPSA) is 17.1 Å². The van der Waals surface area contributed by atoms with Gasteiger partial charge in [0.1, 0.15) is 5.82 Å². The van der Waals surface area contributed by atoms with E-state index in [4.69, 9.17) is 0 Å². The highest BCUT2D eigenvalue weighted by molar-refractivity contribution is 7.99. The SMILES string of the molecule is CC(=O)c1c(F)cccc1Sc1ccccc1. The second-order valence-corrected chi connectivity index (χ2v) is 4.70. The third-order valence-electron chi connectivity index (χ3n) is 2.30. The van der Waals surface area contributed by atoms with E-state index in [0.717, 1.165) is 4.90 Å². The van der Waals surface area contributed by atoms with E-state index in [0.29, 0.717) is 4.90 Å². The number of Topliss-reactive ketones (excluding diaryl/α,β-unsaturated/α-hetero) is 1. The normalized spacial score (nSPS) is 10.2. The van der Waals surface area contributed by atoms with E-state index in [9.17, 15) is 9.18 Å². The molecule has 86 valence electrons. The van der Waals surface area contributed by atoms with Gasteiger partial charge in [-0.1, -0.05) is 36.0 Å². The van der Waals surface area contributed by atoms with Gasteiger partial charge in [0.15, 0.2) is 5.78 Å². The van der Waals surface area contributed by atoms with Crippen LogP contribution in [-0.4, -0.2) is 5.78 Å². The average molecular weight is 246 g/mol. The molecule has 0 heterocycles. The summed E-state index contributed by atoms with van der Waals surface area (Å²) < 4.78 is 13.6. The first-order valence-electron chi connectivity index (χ1n) is 5.21. The average Bonchev–Trinajstić information content (AvgIpc) is 2.30. The van der Waals surface area contributed by atoms with E-state index >= 15 is 0 Å². The molecule has 0 saturated carbocycles. The Hall–Kier alpha value is -1.61. The van der Waals surface area contributed by atoms with E-state index in [1.54, 1.807) is 12.1 Å². The number of benzene rings is 2. The number of carbonyl (C=O) groups excluding carboxylic acids is 1. The number of carbonyl (C=O) groups is 1. The zero-order valence-electron chi connectivity index (χ0n) is 9.31. The molecule has 17 heavy (non-hydrogen) atoms. The van der Waals surface area contributed by atoms with Crippen molar-refractivity contribution in [1.29, 1.82) is 0 Å². The Bertz CT molecular complexity index is 537. The largest absolute Gasteiger partial charge is 0.294 e. The van der Waals surface area contributed by atoms with Crippen molar-refractivity contribution in [3.63, 3.8) is 0 Å². The third kappa shape index (κ3) is 2.74. The van der Waals surface area contributed by atoms with E-state index in [1.165, 1.54) is 24.8 Å². The number of rotatable bonds is 3. The lowest BCUT2D eigenvalue weighted by atomic mass is 10.1. The van der Waals surface area contributed by atoms with Gasteiger partial charge in [0.25, 0.3) is 0 Å². The van der Waals surface area contributed by atoms with Crippen LogP contribution in [0, 0.1) is 5.82 Å². The van der Waals surface area contributed by atoms with Gasteiger partial charge in [-0.2, -0.15) is 0 Å². The molecule has 2 rings (SSSR count). The summed E-state index contributed by atoms with van der Waals surface area (Å²) in [7, 11) is 0. The zero-order chi connectivity index (χ0) is 12.3. The maximum absolute atomic E-state index is 13.6. The van der Waals surface area contributed by atoms with Gasteiger partial charge in [-0.25, -0.2) is 4.39 Å². The van der Waals surface area contributed by atoms with Crippen molar-refractivity contribution >= 4 is 17.5 Å². The summed E-state index contributed by atoms with van der Waals surface area (Å²) in [5.74, 6) is -0.708. The van der Waals surface area contributed by atoms with E-state index in [-0.39, 0.29) is 11.3 Å². The van der Waals surface area contributed by atoms with Gasteiger partial charge < -0.3 is 0 Å². The zero-order valence-corrected chi connectivity index (χ0v) is 10.1. The minimum atomic E-state index is -0.460. The molecule has 0 spiro atoms. The van der Waals surface area contributed by atoms with Gasteiger partial charge in [0.05, 0.1) is 5.56 Å². The number of hydrogen-bond donors (Lipinski definition) is 0. The lowest BCUT2D eigenvalue weighted by Crippen LogP contribution is -1.99. The fourth-order valence-corrected chi connectivity index (χ4v) is 2.58. The van der Waals surface area contributed by atoms with Gasteiger partial charge in [-0.05, 0) is 31.2 Å². The molecular formula is C14H11FOS. The van der Waals surface area contributed by atoms with Crippen molar-refractivity contribution in [3.05, 3.63) is 59.9 Å². The van der Waals surface area contributed by atoms with Crippen LogP contribution in [0.1, 0.15) is 17.3 Å². The number of hydrogen-bond acceptors (Lipinski definition) is 2. The Morgan fingerprint density at radius 3 is 2.41 bits per heavy atom. The van der Waals surface area contributed by atoms with Crippen molar-refractivity contribution in [1.82, 2.24) is 0 Å². The highest BCUT2D eigenvalue weighted by atomic mass is 32.2. The molecule has 0 fully saturated rings. The molecule has 0 radical (unpaired) electrons. The van der Waals surface area contributed by atoms with Crippen LogP contribution in [0.4, 0.5) is 4.39 Å². The summed E-state index contributed by atoms with van der Waals surface area (Å²) in [6.07, 6.45) is 0.